The van der Waals surface area contributed by atoms with Gasteiger partial charge in [0.05, 0.1) is 18.2 Å². The lowest BCUT2D eigenvalue weighted by Gasteiger charge is -2.20. The smallest absolute Gasteiger partial charge is 0.317 e. The SMILES string of the molecule is COCCN(CC(=O)O)Cc1ccc(Cl)c(Br)c1. The summed E-state index contributed by atoms with van der Waals surface area (Å²) in [5.74, 6) is -0.848. The van der Waals surface area contributed by atoms with E-state index < -0.39 is 5.97 Å². The summed E-state index contributed by atoms with van der Waals surface area (Å²) in [6.07, 6.45) is 0. The highest BCUT2D eigenvalue weighted by atomic mass is 79.9. The maximum absolute atomic E-state index is 10.8. The van der Waals surface area contributed by atoms with E-state index in [0.717, 1.165) is 10.0 Å². The largest absolute Gasteiger partial charge is 0.480 e. The molecule has 0 saturated carbocycles. The van der Waals surface area contributed by atoms with Crippen molar-refractivity contribution in [2.45, 2.75) is 6.54 Å². The van der Waals surface area contributed by atoms with E-state index >= 15 is 0 Å². The lowest BCUT2D eigenvalue weighted by molar-refractivity contribution is -0.138. The zero-order valence-corrected chi connectivity index (χ0v) is 12.4. The first kappa shape index (κ1) is 15.4. The molecular formula is C12H15BrClNO3. The van der Waals surface area contributed by atoms with Gasteiger partial charge in [0.15, 0.2) is 0 Å². The van der Waals surface area contributed by atoms with Gasteiger partial charge >= 0.3 is 5.97 Å². The van der Waals surface area contributed by atoms with Crippen molar-refractivity contribution in [3.63, 3.8) is 0 Å². The van der Waals surface area contributed by atoms with Gasteiger partial charge in [-0.2, -0.15) is 0 Å². The summed E-state index contributed by atoms with van der Waals surface area (Å²) in [7, 11) is 1.60. The first-order chi connectivity index (χ1) is 8.52. The molecule has 0 fully saturated rings. The summed E-state index contributed by atoms with van der Waals surface area (Å²) in [5, 5.41) is 9.49. The number of benzene rings is 1. The fourth-order valence-corrected chi connectivity index (χ4v) is 2.07. The van der Waals surface area contributed by atoms with E-state index in [0.29, 0.717) is 24.7 Å². The van der Waals surface area contributed by atoms with Crippen LogP contribution in [-0.2, 0) is 16.1 Å². The van der Waals surface area contributed by atoms with Crippen molar-refractivity contribution in [2.24, 2.45) is 0 Å². The molecule has 100 valence electrons. The number of rotatable bonds is 7. The Hall–Kier alpha value is -0.620. The molecule has 0 aliphatic heterocycles. The van der Waals surface area contributed by atoms with Crippen molar-refractivity contribution < 1.29 is 14.6 Å². The summed E-state index contributed by atoms with van der Waals surface area (Å²) in [6, 6.07) is 5.56. The molecule has 0 saturated heterocycles. The van der Waals surface area contributed by atoms with Crippen LogP contribution in [0.4, 0.5) is 0 Å². The van der Waals surface area contributed by atoms with Gasteiger partial charge in [-0.15, -0.1) is 0 Å². The fraction of sp³-hybridized carbons (Fsp3) is 0.417. The van der Waals surface area contributed by atoms with Crippen LogP contribution in [0.3, 0.4) is 0 Å². The Balaban J connectivity index is 2.68. The van der Waals surface area contributed by atoms with Gasteiger partial charge in [0, 0.05) is 24.7 Å². The molecule has 0 aliphatic carbocycles. The minimum Gasteiger partial charge on any atom is -0.480 e. The molecular weight excluding hydrogens is 321 g/mol. The third-order valence-corrected chi connectivity index (χ3v) is 3.57. The number of hydrogen-bond acceptors (Lipinski definition) is 3. The monoisotopic (exact) mass is 335 g/mol. The standard InChI is InChI=1S/C12H15BrClNO3/c1-18-5-4-15(8-12(16)17)7-9-2-3-11(14)10(13)6-9/h2-3,6H,4-5,7-8H2,1H3,(H,16,17). The predicted octanol–water partition coefficient (Wildman–Crippen LogP) is 2.64. The van der Waals surface area contributed by atoms with E-state index in [1.165, 1.54) is 0 Å². The van der Waals surface area contributed by atoms with Crippen molar-refractivity contribution in [2.75, 3.05) is 26.8 Å². The number of carboxylic acids is 1. The Morgan fingerprint density at radius 1 is 1.56 bits per heavy atom. The van der Waals surface area contributed by atoms with Crippen molar-refractivity contribution in [3.05, 3.63) is 33.3 Å². The average Bonchev–Trinajstić information content (AvgIpc) is 2.30. The van der Waals surface area contributed by atoms with Gasteiger partial charge in [-0.3, -0.25) is 9.69 Å². The van der Waals surface area contributed by atoms with E-state index in [1.54, 1.807) is 13.2 Å². The number of halogens is 2. The molecule has 0 heterocycles. The summed E-state index contributed by atoms with van der Waals surface area (Å²) in [5.41, 5.74) is 1.00. The molecule has 0 radical (unpaired) electrons. The average molecular weight is 337 g/mol. The molecule has 0 bridgehead atoms. The second-order valence-electron chi connectivity index (χ2n) is 3.85. The van der Waals surface area contributed by atoms with E-state index in [1.807, 2.05) is 17.0 Å². The summed E-state index contributed by atoms with van der Waals surface area (Å²) in [4.78, 5) is 12.6. The zero-order valence-electron chi connectivity index (χ0n) is 10.0. The Morgan fingerprint density at radius 2 is 2.28 bits per heavy atom. The fourth-order valence-electron chi connectivity index (χ4n) is 1.52. The molecule has 18 heavy (non-hydrogen) atoms. The van der Waals surface area contributed by atoms with Crippen LogP contribution in [0.5, 0.6) is 0 Å². The second kappa shape index (κ2) is 7.74. The van der Waals surface area contributed by atoms with Crippen LogP contribution >= 0.6 is 27.5 Å². The number of carboxylic acid groups (broad SMARTS) is 1. The number of carbonyl (C=O) groups is 1. The minimum absolute atomic E-state index is 0.0103. The number of aliphatic carboxylic acids is 1. The predicted molar refractivity (Wildman–Crippen MR) is 73.9 cm³/mol. The van der Waals surface area contributed by atoms with E-state index in [4.69, 9.17) is 21.4 Å². The van der Waals surface area contributed by atoms with Crippen molar-refractivity contribution in [3.8, 4) is 0 Å². The summed E-state index contributed by atoms with van der Waals surface area (Å²) < 4.78 is 5.78. The number of hydrogen-bond donors (Lipinski definition) is 1. The first-order valence-electron chi connectivity index (χ1n) is 5.40. The van der Waals surface area contributed by atoms with Crippen LogP contribution < -0.4 is 0 Å². The van der Waals surface area contributed by atoms with Gasteiger partial charge in [0.2, 0.25) is 0 Å². The molecule has 0 spiro atoms. The maximum Gasteiger partial charge on any atom is 0.317 e. The van der Waals surface area contributed by atoms with Crippen molar-refractivity contribution in [1.82, 2.24) is 4.90 Å². The number of ether oxygens (including phenoxy) is 1. The second-order valence-corrected chi connectivity index (χ2v) is 5.11. The highest BCUT2D eigenvalue weighted by molar-refractivity contribution is 9.10. The molecule has 0 aromatic heterocycles. The Bertz CT molecular complexity index is 414. The van der Waals surface area contributed by atoms with Crippen LogP contribution in [0.2, 0.25) is 5.02 Å². The van der Waals surface area contributed by atoms with Gasteiger partial charge in [0.25, 0.3) is 0 Å². The molecule has 6 heteroatoms. The first-order valence-corrected chi connectivity index (χ1v) is 6.57. The van der Waals surface area contributed by atoms with Crippen molar-refractivity contribution >= 4 is 33.5 Å². The van der Waals surface area contributed by atoms with Gasteiger partial charge in [-0.25, -0.2) is 0 Å². The molecule has 1 rings (SSSR count). The van der Waals surface area contributed by atoms with Crippen LogP contribution in [0, 0.1) is 0 Å². The van der Waals surface area contributed by atoms with Crippen LogP contribution in [0.15, 0.2) is 22.7 Å². The number of nitrogens with zero attached hydrogens (tertiary/aromatic N) is 1. The molecule has 1 N–H and O–H groups in total. The lowest BCUT2D eigenvalue weighted by atomic mass is 10.2. The zero-order chi connectivity index (χ0) is 13.5. The Labute approximate surface area is 120 Å². The summed E-state index contributed by atoms with van der Waals surface area (Å²) >= 11 is 9.26. The maximum atomic E-state index is 10.8. The van der Waals surface area contributed by atoms with Crippen LogP contribution in [0.1, 0.15) is 5.56 Å². The third-order valence-electron chi connectivity index (χ3n) is 2.36. The Morgan fingerprint density at radius 3 is 2.83 bits per heavy atom. The van der Waals surface area contributed by atoms with E-state index in [2.05, 4.69) is 15.9 Å². The van der Waals surface area contributed by atoms with Crippen LogP contribution in [-0.4, -0.2) is 42.8 Å². The van der Waals surface area contributed by atoms with Gasteiger partial charge < -0.3 is 9.84 Å². The molecule has 1 aromatic carbocycles. The quantitative estimate of drug-likeness (QED) is 0.831. The van der Waals surface area contributed by atoms with E-state index in [-0.39, 0.29) is 6.54 Å². The minimum atomic E-state index is -0.848. The molecule has 0 atom stereocenters. The normalized spacial score (nSPS) is 10.9. The molecule has 0 amide bonds. The Kier molecular flexibility index (Phi) is 6.63. The van der Waals surface area contributed by atoms with Gasteiger partial charge in [-0.05, 0) is 33.6 Å². The van der Waals surface area contributed by atoms with Crippen LogP contribution in [0.25, 0.3) is 0 Å². The van der Waals surface area contributed by atoms with Gasteiger partial charge in [-0.1, -0.05) is 17.7 Å². The molecule has 0 aliphatic rings. The summed E-state index contributed by atoms with van der Waals surface area (Å²) in [6.45, 7) is 1.61. The molecule has 0 unspecified atom stereocenters. The number of methoxy groups -OCH3 is 1. The molecule has 4 nitrogen and oxygen atoms in total. The third kappa shape index (κ3) is 5.35. The van der Waals surface area contributed by atoms with Gasteiger partial charge in [0.1, 0.15) is 0 Å². The highest BCUT2D eigenvalue weighted by Crippen LogP contribution is 2.23. The van der Waals surface area contributed by atoms with Crippen molar-refractivity contribution in [1.29, 1.82) is 0 Å². The lowest BCUT2D eigenvalue weighted by Crippen LogP contribution is -2.32. The topological polar surface area (TPSA) is 49.8 Å². The molecule has 1 aromatic rings. The highest BCUT2D eigenvalue weighted by Gasteiger charge is 2.10. The van der Waals surface area contributed by atoms with E-state index in [9.17, 15) is 4.79 Å².